The maximum Gasteiger partial charge on any atom is 0.327 e. The Bertz CT molecular complexity index is 1050. The second kappa shape index (κ2) is 6.34. The Hall–Kier alpha value is -3.07. The molecule has 2 aromatic heterocycles. The van der Waals surface area contributed by atoms with E-state index >= 15 is 0 Å². The molecule has 1 N–H and O–H groups in total. The number of pyridine rings is 1. The smallest absolute Gasteiger partial charge is 0.327 e. The monoisotopic (exact) mass is 348 g/mol. The molecule has 2 heterocycles. The van der Waals surface area contributed by atoms with E-state index in [1.54, 1.807) is 16.8 Å². The Morgan fingerprint density at radius 2 is 2.15 bits per heavy atom. The number of nitriles is 1. The summed E-state index contributed by atoms with van der Waals surface area (Å²) in [4.78, 5) is 19.4. The van der Waals surface area contributed by atoms with Gasteiger partial charge in [-0.15, -0.1) is 0 Å². The van der Waals surface area contributed by atoms with Crippen molar-refractivity contribution >= 4 is 11.2 Å². The zero-order chi connectivity index (χ0) is 18.3. The molecule has 6 nitrogen and oxygen atoms in total. The van der Waals surface area contributed by atoms with E-state index < -0.39 is 0 Å². The van der Waals surface area contributed by atoms with E-state index in [9.17, 15) is 4.79 Å². The summed E-state index contributed by atoms with van der Waals surface area (Å²) < 4.78 is 7.90. The molecule has 1 saturated carbocycles. The molecule has 6 heteroatoms. The summed E-state index contributed by atoms with van der Waals surface area (Å²) in [5, 5.41) is 9.09. The van der Waals surface area contributed by atoms with Gasteiger partial charge in [0.15, 0.2) is 5.65 Å². The summed E-state index contributed by atoms with van der Waals surface area (Å²) in [6, 6.07) is 11.5. The zero-order valence-electron chi connectivity index (χ0n) is 14.8. The second-order valence-corrected chi connectivity index (χ2v) is 7.06. The third kappa shape index (κ3) is 2.76. The van der Waals surface area contributed by atoms with Crippen LogP contribution in [0.3, 0.4) is 0 Å². The fourth-order valence-electron chi connectivity index (χ4n) is 3.50. The Kier molecular flexibility index (Phi) is 4.00. The number of aromatic amines is 1. The first-order valence-electron chi connectivity index (χ1n) is 8.82. The Balaban J connectivity index is 1.52. The van der Waals surface area contributed by atoms with Gasteiger partial charge in [0.1, 0.15) is 11.9 Å². The molecular weight excluding hydrogens is 328 g/mol. The number of rotatable bonds is 4. The summed E-state index contributed by atoms with van der Waals surface area (Å²) >= 11 is 0. The molecule has 0 radical (unpaired) electrons. The number of nitrogens with one attached hydrogen (secondary N) is 1. The van der Waals surface area contributed by atoms with Crippen LogP contribution in [-0.4, -0.2) is 20.6 Å². The zero-order valence-corrected chi connectivity index (χ0v) is 14.8. The first-order valence-corrected chi connectivity index (χ1v) is 8.82. The van der Waals surface area contributed by atoms with E-state index in [1.165, 1.54) is 0 Å². The standard InChI is InChI=1S/C20H20N4O2/c1-12(2)16-8-13(11-21)5-6-18(16)26-15-9-14(10-15)24-19-17(23-20(24)25)4-3-7-22-19/h3-8,12,14-15H,9-10H2,1-2H3,(H,23,25)/t14-,15-. The molecule has 0 atom stereocenters. The normalized spacial score (nSPS) is 19.3. The Labute approximate surface area is 151 Å². The molecule has 1 aromatic carbocycles. The predicted octanol–water partition coefficient (Wildman–Crippen LogP) is 3.50. The van der Waals surface area contributed by atoms with Crippen LogP contribution >= 0.6 is 0 Å². The number of fused-ring (bicyclic) bond motifs is 1. The lowest BCUT2D eigenvalue weighted by Gasteiger charge is -2.36. The average molecular weight is 348 g/mol. The van der Waals surface area contributed by atoms with Crippen molar-refractivity contribution in [3.8, 4) is 11.8 Å². The summed E-state index contributed by atoms with van der Waals surface area (Å²) in [5.74, 6) is 1.10. The molecule has 1 fully saturated rings. The fraction of sp³-hybridized carbons (Fsp3) is 0.350. The van der Waals surface area contributed by atoms with Crippen LogP contribution in [0.25, 0.3) is 11.2 Å². The van der Waals surface area contributed by atoms with Gasteiger partial charge in [0.05, 0.1) is 17.1 Å². The van der Waals surface area contributed by atoms with Crippen LogP contribution in [-0.2, 0) is 0 Å². The lowest BCUT2D eigenvalue weighted by atomic mass is 9.88. The van der Waals surface area contributed by atoms with Gasteiger partial charge in [0.2, 0.25) is 0 Å². The molecule has 1 aliphatic rings. The van der Waals surface area contributed by atoms with Crippen LogP contribution in [0.5, 0.6) is 5.75 Å². The van der Waals surface area contributed by atoms with Gasteiger partial charge in [0, 0.05) is 25.1 Å². The molecule has 132 valence electrons. The SMILES string of the molecule is CC(C)c1cc(C#N)ccc1O[C@H]1C[C@H](n2c(=O)[nH]c3cccnc32)C1. The molecule has 0 unspecified atom stereocenters. The van der Waals surface area contributed by atoms with Gasteiger partial charge in [-0.1, -0.05) is 13.8 Å². The third-order valence-corrected chi connectivity index (χ3v) is 4.96. The molecule has 26 heavy (non-hydrogen) atoms. The van der Waals surface area contributed by atoms with E-state index in [-0.39, 0.29) is 23.8 Å². The van der Waals surface area contributed by atoms with E-state index in [1.807, 2.05) is 24.3 Å². The van der Waals surface area contributed by atoms with E-state index in [2.05, 4.69) is 29.9 Å². The van der Waals surface area contributed by atoms with Crippen molar-refractivity contribution in [1.29, 1.82) is 5.26 Å². The summed E-state index contributed by atoms with van der Waals surface area (Å²) in [6.45, 7) is 4.17. The molecule has 0 saturated heterocycles. The van der Waals surface area contributed by atoms with Crippen molar-refractivity contribution < 1.29 is 4.74 Å². The van der Waals surface area contributed by atoms with Crippen LogP contribution in [0.1, 0.15) is 49.8 Å². The van der Waals surface area contributed by atoms with Crippen molar-refractivity contribution in [2.24, 2.45) is 0 Å². The highest BCUT2D eigenvalue weighted by molar-refractivity contribution is 5.70. The van der Waals surface area contributed by atoms with Crippen molar-refractivity contribution in [1.82, 2.24) is 14.5 Å². The van der Waals surface area contributed by atoms with E-state index in [0.717, 1.165) is 29.7 Å². The molecule has 1 aliphatic carbocycles. The van der Waals surface area contributed by atoms with E-state index in [4.69, 9.17) is 10.00 Å². The van der Waals surface area contributed by atoms with Gasteiger partial charge in [-0.25, -0.2) is 9.78 Å². The first kappa shape index (κ1) is 16.4. The Morgan fingerprint density at radius 1 is 1.35 bits per heavy atom. The lowest BCUT2D eigenvalue weighted by molar-refractivity contribution is 0.0694. The number of H-pyrrole nitrogens is 1. The third-order valence-electron chi connectivity index (χ3n) is 4.96. The van der Waals surface area contributed by atoms with Gasteiger partial charge < -0.3 is 9.72 Å². The van der Waals surface area contributed by atoms with Crippen molar-refractivity contribution in [3.63, 3.8) is 0 Å². The molecular formula is C20H20N4O2. The van der Waals surface area contributed by atoms with Gasteiger partial charge in [-0.05, 0) is 41.8 Å². The minimum absolute atomic E-state index is 0.0611. The van der Waals surface area contributed by atoms with Crippen LogP contribution < -0.4 is 10.4 Å². The summed E-state index contributed by atoms with van der Waals surface area (Å²) in [6.07, 6.45) is 3.29. The number of imidazole rings is 1. The van der Waals surface area contributed by atoms with Crippen LogP contribution in [0, 0.1) is 11.3 Å². The fourth-order valence-corrected chi connectivity index (χ4v) is 3.50. The minimum atomic E-state index is -0.122. The molecule has 0 amide bonds. The molecule has 0 aliphatic heterocycles. The predicted molar refractivity (Wildman–Crippen MR) is 98.3 cm³/mol. The van der Waals surface area contributed by atoms with Crippen molar-refractivity contribution in [2.75, 3.05) is 0 Å². The number of hydrogen-bond donors (Lipinski definition) is 1. The highest BCUT2D eigenvalue weighted by atomic mass is 16.5. The van der Waals surface area contributed by atoms with Gasteiger partial charge in [-0.3, -0.25) is 4.57 Å². The van der Waals surface area contributed by atoms with Gasteiger partial charge in [-0.2, -0.15) is 5.26 Å². The largest absolute Gasteiger partial charge is 0.490 e. The second-order valence-electron chi connectivity index (χ2n) is 7.06. The quantitative estimate of drug-likeness (QED) is 0.782. The van der Waals surface area contributed by atoms with Crippen LogP contribution in [0.4, 0.5) is 0 Å². The number of ether oxygens (including phenoxy) is 1. The summed E-state index contributed by atoms with van der Waals surface area (Å²) in [7, 11) is 0. The maximum atomic E-state index is 12.2. The van der Waals surface area contributed by atoms with Gasteiger partial charge in [0.25, 0.3) is 0 Å². The minimum Gasteiger partial charge on any atom is -0.490 e. The lowest BCUT2D eigenvalue weighted by Crippen LogP contribution is -2.39. The molecule has 0 spiro atoms. The molecule has 3 aromatic rings. The van der Waals surface area contributed by atoms with E-state index in [0.29, 0.717) is 11.2 Å². The van der Waals surface area contributed by atoms with Crippen LogP contribution in [0.2, 0.25) is 0 Å². The molecule has 4 rings (SSSR count). The van der Waals surface area contributed by atoms with Crippen molar-refractivity contribution in [2.45, 2.75) is 44.8 Å². The maximum absolute atomic E-state index is 12.2. The first-order chi connectivity index (χ1) is 12.6. The number of hydrogen-bond acceptors (Lipinski definition) is 4. The molecule has 0 bridgehead atoms. The van der Waals surface area contributed by atoms with Crippen molar-refractivity contribution in [3.05, 3.63) is 58.1 Å². The Morgan fingerprint density at radius 3 is 2.88 bits per heavy atom. The van der Waals surface area contributed by atoms with Crippen LogP contribution in [0.15, 0.2) is 41.3 Å². The average Bonchev–Trinajstić information content (AvgIpc) is 2.93. The topological polar surface area (TPSA) is 83.7 Å². The highest BCUT2D eigenvalue weighted by Gasteiger charge is 2.35. The number of nitrogens with zero attached hydrogens (tertiary/aromatic N) is 3. The highest BCUT2D eigenvalue weighted by Crippen LogP contribution is 2.38. The summed E-state index contributed by atoms with van der Waals surface area (Å²) in [5.41, 5.74) is 3.02. The number of aromatic nitrogens is 3. The number of benzene rings is 1. The van der Waals surface area contributed by atoms with Gasteiger partial charge >= 0.3 is 5.69 Å².